The van der Waals surface area contributed by atoms with Crippen LogP contribution in [0.4, 0.5) is 5.69 Å². The fourth-order valence-corrected chi connectivity index (χ4v) is 6.14. The van der Waals surface area contributed by atoms with Crippen LogP contribution in [0, 0.1) is 5.41 Å². The molecule has 6 heteroatoms. The van der Waals surface area contributed by atoms with Crippen LogP contribution in [0.1, 0.15) is 43.6 Å². The number of para-hydroxylation sites is 1. The minimum atomic E-state index is 0.236. The van der Waals surface area contributed by atoms with Crippen LogP contribution in [0.2, 0.25) is 0 Å². The Hall–Kier alpha value is -2.18. The molecule has 1 aromatic heterocycles. The van der Waals surface area contributed by atoms with Gasteiger partial charge in [0, 0.05) is 24.5 Å². The highest BCUT2D eigenvalue weighted by Crippen LogP contribution is 2.49. The van der Waals surface area contributed by atoms with E-state index in [0.29, 0.717) is 11.3 Å². The summed E-state index contributed by atoms with van der Waals surface area (Å²) in [5, 5.41) is 0. The molecule has 31 heavy (non-hydrogen) atoms. The van der Waals surface area contributed by atoms with Gasteiger partial charge in [-0.25, -0.2) is 9.97 Å². The molecule has 1 aliphatic carbocycles. The average Bonchev–Trinajstić information content (AvgIpc) is 3.22. The minimum absolute atomic E-state index is 0.236. The first-order valence-electron chi connectivity index (χ1n) is 11.9. The fraction of sp³-hybridized carbons (Fsp3) is 0.600. The number of ether oxygens (including phenoxy) is 2. The Bertz CT molecular complexity index is 889. The SMILES string of the molecule is c1ccc(C2CCN(C3CCC4(C3)CN(c3cncnc3)C4)CC2)c(OC2COC2)c1. The average molecular weight is 421 g/mol. The third kappa shape index (κ3) is 3.80. The molecule has 6 nitrogen and oxygen atoms in total. The molecular formula is C25H32N4O2. The maximum absolute atomic E-state index is 6.21. The maximum Gasteiger partial charge on any atom is 0.145 e. The van der Waals surface area contributed by atoms with Crippen LogP contribution in [-0.2, 0) is 4.74 Å². The van der Waals surface area contributed by atoms with E-state index in [1.165, 1.54) is 69.5 Å². The Morgan fingerprint density at radius 1 is 1.00 bits per heavy atom. The number of piperidine rings is 1. The summed E-state index contributed by atoms with van der Waals surface area (Å²) in [7, 11) is 0. The van der Waals surface area contributed by atoms with Crippen LogP contribution in [0.3, 0.4) is 0 Å². The zero-order valence-electron chi connectivity index (χ0n) is 18.2. The topological polar surface area (TPSA) is 50.7 Å². The predicted molar refractivity (Wildman–Crippen MR) is 120 cm³/mol. The summed E-state index contributed by atoms with van der Waals surface area (Å²) in [5.74, 6) is 1.69. The van der Waals surface area contributed by atoms with E-state index in [-0.39, 0.29) is 6.10 Å². The lowest BCUT2D eigenvalue weighted by Gasteiger charge is -2.50. The fourth-order valence-electron chi connectivity index (χ4n) is 6.14. The second kappa shape index (κ2) is 8.06. The number of anilines is 1. The summed E-state index contributed by atoms with van der Waals surface area (Å²) < 4.78 is 11.5. The van der Waals surface area contributed by atoms with E-state index in [1.54, 1.807) is 6.33 Å². The normalized spacial score (nSPS) is 26.6. The van der Waals surface area contributed by atoms with Crippen molar-refractivity contribution in [3.63, 3.8) is 0 Å². The van der Waals surface area contributed by atoms with Gasteiger partial charge in [-0.3, -0.25) is 0 Å². The van der Waals surface area contributed by atoms with Gasteiger partial charge in [0.15, 0.2) is 0 Å². The van der Waals surface area contributed by atoms with Crippen molar-refractivity contribution in [3.05, 3.63) is 48.5 Å². The smallest absolute Gasteiger partial charge is 0.145 e. The second-order valence-corrected chi connectivity index (χ2v) is 9.97. The molecule has 0 radical (unpaired) electrons. The molecule has 0 bridgehead atoms. The van der Waals surface area contributed by atoms with Gasteiger partial charge in [-0.1, -0.05) is 18.2 Å². The highest BCUT2D eigenvalue weighted by Gasteiger charge is 2.49. The van der Waals surface area contributed by atoms with Gasteiger partial charge in [-0.2, -0.15) is 0 Å². The van der Waals surface area contributed by atoms with Crippen LogP contribution in [0.5, 0.6) is 5.75 Å². The van der Waals surface area contributed by atoms with Crippen LogP contribution < -0.4 is 9.64 Å². The van der Waals surface area contributed by atoms with Crippen LogP contribution in [0.15, 0.2) is 43.0 Å². The van der Waals surface area contributed by atoms with Crippen molar-refractivity contribution in [2.24, 2.45) is 5.41 Å². The molecule has 4 heterocycles. The number of aromatic nitrogens is 2. The van der Waals surface area contributed by atoms with Gasteiger partial charge in [-0.05, 0) is 62.7 Å². The molecule has 1 atom stereocenters. The summed E-state index contributed by atoms with van der Waals surface area (Å²) in [5.41, 5.74) is 3.09. The third-order valence-corrected chi connectivity index (χ3v) is 7.95. The standard InChI is InChI=1S/C25H32N4O2/c1-2-4-24(31-22-14-30-15-22)23(3-1)19-6-9-28(10-7-19)20-5-8-25(11-20)16-29(17-25)21-12-26-18-27-13-21/h1-4,12-13,18-20,22H,5-11,14-17H2. The van der Waals surface area contributed by atoms with Gasteiger partial charge < -0.3 is 19.3 Å². The van der Waals surface area contributed by atoms with E-state index >= 15 is 0 Å². The number of benzene rings is 1. The predicted octanol–water partition coefficient (Wildman–Crippen LogP) is 3.49. The summed E-state index contributed by atoms with van der Waals surface area (Å²) >= 11 is 0. The van der Waals surface area contributed by atoms with E-state index in [1.807, 2.05) is 12.4 Å². The van der Waals surface area contributed by atoms with Gasteiger partial charge >= 0.3 is 0 Å². The Morgan fingerprint density at radius 2 is 1.77 bits per heavy atom. The lowest BCUT2D eigenvalue weighted by atomic mass is 9.77. The molecule has 1 spiro atoms. The monoisotopic (exact) mass is 420 g/mol. The molecule has 164 valence electrons. The molecule has 0 N–H and O–H groups in total. The second-order valence-electron chi connectivity index (χ2n) is 9.97. The van der Waals surface area contributed by atoms with E-state index in [4.69, 9.17) is 9.47 Å². The molecule has 1 saturated carbocycles. The lowest BCUT2D eigenvalue weighted by molar-refractivity contribution is -0.0801. The Balaban J connectivity index is 1.03. The number of rotatable bonds is 5. The molecule has 1 aromatic carbocycles. The molecule has 3 aliphatic heterocycles. The molecule has 1 unspecified atom stereocenters. The van der Waals surface area contributed by atoms with E-state index in [9.17, 15) is 0 Å². The van der Waals surface area contributed by atoms with Gasteiger partial charge in [0.2, 0.25) is 0 Å². The van der Waals surface area contributed by atoms with Gasteiger partial charge in [-0.15, -0.1) is 0 Å². The van der Waals surface area contributed by atoms with E-state index in [0.717, 1.165) is 25.0 Å². The van der Waals surface area contributed by atoms with Crippen molar-refractivity contribution in [2.75, 3.05) is 44.3 Å². The van der Waals surface area contributed by atoms with Crippen molar-refractivity contribution in [3.8, 4) is 5.75 Å². The first-order chi connectivity index (χ1) is 15.3. The summed E-state index contributed by atoms with van der Waals surface area (Å²) in [6.45, 7) is 6.22. The number of hydrogen-bond donors (Lipinski definition) is 0. The van der Waals surface area contributed by atoms with Crippen LogP contribution in [0.25, 0.3) is 0 Å². The molecular weight excluding hydrogens is 388 g/mol. The minimum Gasteiger partial charge on any atom is -0.485 e. The zero-order valence-corrected chi connectivity index (χ0v) is 18.2. The van der Waals surface area contributed by atoms with Crippen molar-refractivity contribution in [1.82, 2.24) is 14.9 Å². The van der Waals surface area contributed by atoms with Crippen molar-refractivity contribution < 1.29 is 9.47 Å². The Kier molecular flexibility index (Phi) is 5.07. The van der Waals surface area contributed by atoms with Gasteiger partial charge in [0.1, 0.15) is 18.2 Å². The van der Waals surface area contributed by atoms with E-state index < -0.39 is 0 Å². The largest absolute Gasteiger partial charge is 0.485 e. The number of nitrogens with zero attached hydrogens (tertiary/aromatic N) is 4. The lowest BCUT2D eigenvalue weighted by Crippen LogP contribution is -2.56. The van der Waals surface area contributed by atoms with Gasteiger partial charge in [0.25, 0.3) is 0 Å². The first kappa shape index (κ1) is 19.5. The third-order valence-electron chi connectivity index (χ3n) is 7.95. The quantitative estimate of drug-likeness (QED) is 0.738. The maximum atomic E-state index is 6.21. The van der Waals surface area contributed by atoms with Crippen molar-refractivity contribution in [1.29, 1.82) is 0 Å². The molecule has 4 aliphatic rings. The van der Waals surface area contributed by atoms with E-state index in [2.05, 4.69) is 44.0 Å². The molecule has 2 aromatic rings. The molecule has 6 rings (SSSR count). The summed E-state index contributed by atoms with van der Waals surface area (Å²) in [6, 6.07) is 9.42. The highest BCUT2D eigenvalue weighted by molar-refractivity contribution is 5.46. The highest BCUT2D eigenvalue weighted by atomic mass is 16.6. The number of hydrogen-bond acceptors (Lipinski definition) is 6. The van der Waals surface area contributed by atoms with Gasteiger partial charge in [0.05, 0.1) is 31.3 Å². The number of likely N-dealkylation sites (tertiary alicyclic amines) is 1. The Labute approximate surface area is 184 Å². The molecule has 0 amide bonds. The summed E-state index contributed by atoms with van der Waals surface area (Å²) in [4.78, 5) is 13.6. The van der Waals surface area contributed by atoms with Crippen LogP contribution in [-0.4, -0.2) is 66.4 Å². The first-order valence-corrected chi connectivity index (χ1v) is 11.9. The zero-order chi connectivity index (χ0) is 20.7. The van der Waals surface area contributed by atoms with Crippen molar-refractivity contribution >= 4 is 5.69 Å². The summed E-state index contributed by atoms with van der Waals surface area (Å²) in [6.07, 6.45) is 12.3. The molecule has 4 fully saturated rings. The Morgan fingerprint density at radius 3 is 2.52 bits per heavy atom. The van der Waals surface area contributed by atoms with Crippen molar-refractivity contribution in [2.45, 2.75) is 50.2 Å². The molecule has 3 saturated heterocycles. The van der Waals surface area contributed by atoms with Crippen LogP contribution >= 0.6 is 0 Å².